The molecule has 2 aromatic rings. The van der Waals surface area contributed by atoms with Crippen molar-refractivity contribution in [2.24, 2.45) is 0 Å². The Balaban J connectivity index is 1.75. The summed E-state index contributed by atoms with van der Waals surface area (Å²) in [6.07, 6.45) is 3.55. The lowest BCUT2D eigenvalue weighted by molar-refractivity contribution is -0.132. The first-order chi connectivity index (χ1) is 12.8. The maximum absolute atomic E-state index is 12.7. The lowest BCUT2D eigenvalue weighted by atomic mass is 10.2. The van der Waals surface area contributed by atoms with Crippen molar-refractivity contribution in [3.63, 3.8) is 0 Å². The van der Waals surface area contributed by atoms with Gasteiger partial charge in [0, 0.05) is 30.0 Å². The molecule has 9 heteroatoms. The molecule has 1 atom stereocenters. The topological polar surface area (TPSA) is 89.3 Å². The third-order valence-corrected chi connectivity index (χ3v) is 6.89. The molecule has 1 aromatic carbocycles. The Morgan fingerprint density at radius 1 is 1.44 bits per heavy atom. The van der Waals surface area contributed by atoms with Crippen LogP contribution in [0.1, 0.15) is 12.8 Å². The Bertz CT molecular complexity index is 1050. The van der Waals surface area contributed by atoms with Gasteiger partial charge in [0.05, 0.1) is 28.7 Å². The molecule has 0 bridgehead atoms. The first-order valence-corrected chi connectivity index (χ1v) is 11.2. The number of benzene rings is 1. The summed E-state index contributed by atoms with van der Waals surface area (Å²) < 4.78 is 25.6. The van der Waals surface area contributed by atoms with E-state index in [0.717, 1.165) is 4.47 Å². The fourth-order valence-electron chi connectivity index (χ4n) is 3.26. The van der Waals surface area contributed by atoms with Gasteiger partial charge in [0.25, 0.3) is 5.56 Å². The minimum atomic E-state index is -3.09. The number of carbonyl (C=O) groups excluding carboxylic acids is 1. The van der Waals surface area contributed by atoms with Gasteiger partial charge in [0.2, 0.25) is 5.91 Å². The molecular weight excluding hydrogens is 434 g/mol. The molecule has 1 amide bonds. The fourth-order valence-corrected chi connectivity index (χ4v) is 5.36. The molecule has 1 aliphatic rings. The third kappa shape index (κ3) is 4.47. The van der Waals surface area contributed by atoms with Crippen LogP contribution in [0.4, 0.5) is 0 Å². The van der Waals surface area contributed by atoms with Gasteiger partial charge in [-0.2, -0.15) is 0 Å². The maximum atomic E-state index is 12.7. The Hall–Kier alpha value is -2.00. The van der Waals surface area contributed by atoms with Crippen LogP contribution in [0.3, 0.4) is 0 Å². The van der Waals surface area contributed by atoms with Gasteiger partial charge in [-0.05, 0) is 24.6 Å². The minimum absolute atomic E-state index is 0.0158. The molecule has 7 nitrogen and oxygen atoms in total. The van der Waals surface area contributed by atoms with Crippen molar-refractivity contribution in [2.75, 3.05) is 18.1 Å². The van der Waals surface area contributed by atoms with Crippen LogP contribution in [-0.4, -0.2) is 52.9 Å². The summed E-state index contributed by atoms with van der Waals surface area (Å²) >= 11 is 3.34. The highest BCUT2D eigenvalue weighted by Crippen LogP contribution is 2.19. The second-order valence-electron chi connectivity index (χ2n) is 6.55. The second kappa shape index (κ2) is 7.93. The number of aromatic nitrogens is 2. The van der Waals surface area contributed by atoms with Gasteiger partial charge in [0.15, 0.2) is 9.84 Å². The highest BCUT2D eigenvalue weighted by molar-refractivity contribution is 9.10. The molecule has 144 valence electrons. The molecule has 0 N–H and O–H groups in total. The average molecular weight is 454 g/mol. The summed E-state index contributed by atoms with van der Waals surface area (Å²) in [7, 11) is -3.09. The molecule has 0 aliphatic carbocycles. The zero-order valence-electron chi connectivity index (χ0n) is 14.7. The first-order valence-electron chi connectivity index (χ1n) is 8.56. The van der Waals surface area contributed by atoms with E-state index < -0.39 is 9.84 Å². The molecule has 1 unspecified atom stereocenters. The predicted molar refractivity (Wildman–Crippen MR) is 107 cm³/mol. The maximum Gasteiger partial charge on any atom is 0.261 e. The molecule has 1 fully saturated rings. The van der Waals surface area contributed by atoms with Crippen molar-refractivity contribution in [3.8, 4) is 0 Å². The number of amides is 1. The van der Waals surface area contributed by atoms with Crippen LogP contribution in [0, 0.1) is 0 Å². The molecule has 0 saturated carbocycles. The average Bonchev–Trinajstić information content (AvgIpc) is 2.99. The summed E-state index contributed by atoms with van der Waals surface area (Å²) in [5.74, 6) is -0.113. The van der Waals surface area contributed by atoms with Crippen LogP contribution in [0.5, 0.6) is 0 Å². The lowest BCUT2D eigenvalue weighted by Crippen LogP contribution is -2.41. The molecule has 3 rings (SSSR count). The van der Waals surface area contributed by atoms with Crippen molar-refractivity contribution in [1.29, 1.82) is 0 Å². The van der Waals surface area contributed by atoms with E-state index in [2.05, 4.69) is 27.5 Å². The van der Waals surface area contributed by atoms with Crippen LogP contribution >= 0.6 is 15.9 Å². The molecule has 0 radical (unpaired) electrons. The smallest absolute Gasteiger partial charge is 0.261 e. The number of hydrogen-bond acceptors (Lipinski definition) is 5. The van der Waals surface area contributed by atoms with Crippen molar-refractivity contribution in [1.82, 2.24) is 14.5 Å². The molecule has 2 heterocycles. The van der Waals surface area contributed by atoms with Gasteiger partial charge in [-0.3, -0.25) is 14.2 Å². The highest BCUT2D eigenvalue weighted by Gasteiger charge is 2.33. The molecule has 1 saturated heterocycles. The van der Waals surface area contributed by atoms with Crippen LogP contribution < -0.4 is 5.56 Å². The number of hydrogen-bond donors (Lipinski definition) is 0. The predicted octanol–water partition coefficient (Wildman–Crippen LogP) is 1.75. The van der Waals surface area contributed by atoms with Gasteiger partial charge in [-0.15, -0.1) is 6.58 Å². The molecule has 0 spiro atoms. The Labute approximate surface area is 165 Å². The summed E-state index contributed by atoms with van der Waals surface area (Å²) in [5, 5.41) is 0.476. The SMILES string of the molecule is C=CCN(C(=O)CCn1cnc2ccc(Br)cc2c1=O)C1CCS(=O)(=O)C1. The zero-order chi connectivity index (χ0) is 19.6. The zero-order valence-corrected chi connectivity index (χ0v) is 17.1. The molecular formula is C18H20BrN3O4S. The van der Waals surface area contributed by atoms with E-state index in [-0.39, 0.29) is 48.5 Å². The summed E-state index contributed by atoms with van der Waals surface area (Å²) in [6.45, 7) is 4.12. The van der Waals surface area contributed by atoms with E-state index in [1.165, 1.54) is 10.9 Å². The highest BCUT2D eigenvalue weighted by atomic mass is 79.9. The summed E-state index contributed by atoms with van der Waals surface area (Å²) in [5.41, 5.74) is 0.378. The standard InChI is InChI=1S/C18H20BrN3O4S/c1-2-7-22(14-6-9-27(25,26)11-14)17(23)5-8-21-12-20-16-4-3-13(19)10-15(16)18(21)24/h2-4,10,12,14H,1,5-9,11H2. The molecule has 1 aliphatic heterocycles. The van der Waals surface area contributed by atoms with Gasteiger partial charge in [0.1, 0.15) is 0 Å². The molecule has 1 aromatic heterocycles. The Morgan fingerprint density at radius 3 is 2.89 bits per heavy atom. The number of nitrogens with zero attached hydrogens (tertiary/aromatic N) is 3. The normalized spacial score (nSPS) is 18.5. The quantitative estimate of drug-likeness (QED) is 0.621. The monoisotopic (exact) mass is 453 g/mol. The fraction of sp³-hybridized carbons (Fsp3) is 0.389. The van der Waals surface area contributed by atoms with Gasteiger partial charge in [-0.25, -0.2) is 13.4 Å². The van der Waals surface area contributed by atoms with Crippen molar-refractivity contribution in [2.45, 2.75) is 25.4 Å². The van der Waals surface area contributed by atoms with E-state index in [1.54, 1.807) is 23.1 Å². The first kappa shape index (κ1) is 19.8. The van der Waals surface area contributed by atoms with Crippen molar-refractivity contribution in [3.05, 3.63) is 52.0 Å². The number of aryl methyl sites for hydroxylation is 1. The van der Waals surface area contributed by atoms with Crippen LogP contribution in [-0.2, 0) is 21.2 Å². The van der Waals surface area contributed by atoms with E-state index in [0.29, 0.717) is 17.3 Å². The largest absolute Gasteiger partial charge is 0.335 e. The number of fused-ring (bicyclic) bond motifs is 1. The van der Waals surface area contributed by atoms with Crippen LogP contribution in [0.25, 0.3) is 10.9 Å². The summed E-state index contributed by atoms with van der Waals surface area (Å²) in [6, 6.07) is 4.94. The molecule has 27 heavy (non-hydrogen) atoms. The van der Waals surface area contributed by atoms with Crippen molar-refractivity contribution < 1.29 is 13.2 Å². The minimum Gasteiger partial charge on any atom is -0.335 e. The van der Waals surface area contributed by atoms with Gasteiger partial charge in [-0.1, -0.05) is 22.0 Å². The van der Waals surface area contributed by atoms with Crippen molar-refractivity contribution >= 4 is 42.6 Å². The van der Waals surface area contributed by atoms with E-state index in [4.69, 9.17) is 0 Å². The van der Waals surface area contributed by atoms with Crippen LogP contribution in [0.2, 0.25) is 0 Å². The Kier molecular flexibility index (Phi) is 5.81. The summed E-state index contributed by atoms with van der Waals surface area (Å²) in [4.78, 5) is 31.1. The third-order valence-electron chi connectivity index (χ3n) is 4.65. The second-order valence-corrected chi connectivity index (χ2v) is 9.69. The van der Waals surface area contributed by atoms with E-state index >= 15 is 0 Å². The van der Waals surface area contributed by atoms with E-state index in [1.807, 2.05) is 6.07 Å². The number of rotatable bonds is 6. The van der Waals surface area contributed by atoms with Gasteiger partial charge >= 0.3 is 0 Å². The number of halogens is 1. The Morgan fingerprint density at radius 2 is 2.22 bits per heavy atom. The van der Waals surface area contributed by atoms with E-state index in [9.17, 15) is 18.0 Å². The number of sulfone groups is 1. The van der Waals surface area contributed by atoms with Gasteiger partial charge < -0.3 is 4.90 Å². The van der Waals surface area contributed by atoms with Crippen LogP contribution in [0.15, 0.2) is 46.4 Å². The number of carbonyl (C=O) groups is 1. The lowest BCUT2D eigenvalue weighted by Gasteiger charge is -2.27.